The summed E-state index contributed by atoms with van der Waals surface area (Å²) in [6.45, 7) is 4.29. The first-order valence-electron chi connectivity index (χ1n) is 17.6. The van der Waals surface area contributed by atoms with E-state index in [9.17, 15) is 24.8 Å². The predicted octanol–water partition coefficient (Wildman–Crippen LogP) is 5.99. The molecule has 0 spiro atoms. The molecule has 2 heterocycles. The fourth-order valence-electron chi connectivity index (χ4n) is 6.71. The average molecular weight is 709 g/mol. The topological polar surface area (TPSA) is 155 Å². The summed E-state index contributed by atoms with van der Waals surface area (Å²) in [5.41, 5.74) is 6.69. The zero-order valence-electron chi connectivity index (χ0n) is 28.9. The number of benzene rings is 4. The van der Waals surface area contributed by atoms with Crippen molar-refractivity contribution in [2.24, 2.45) is 0 Å². The SMILES string of the molecule is O=C(O)CCCC(=O)NCc1cccc(-c2cccc([C@H]3O[C@@H](CN4CCN(c5ccc([N+](=O)[O-])cc5)CC4)C[C@@H](c4ccc(CO)cc4)O3)c2)c1. The summed E-state index contributed by atoms with van der Waals surface area (Å²) in [6.07, 6.45) is 0.158. The third kappa shape index (κ3) is 9.80. The number of nitro groups is 1. The van der Waals surface area contributed by atoms with Crippen molar-refractivity contribution in [3.8, 4) is 11.1 Å². The van der Waals surface area contributed by atoms with Gasteiger partial charge in [-0.05, 0) is 58.5 Å². The summed E-state index contributed by atoms with van der Waals surface area (Å²) in [5, 5.41) is 32.4. The Kier molecular flexibility index (Phi) is 12.3. The van der Waals surface area contributed by atoms with Gasteiger partial charge in [0.25, 0.3) is 5.69 Å². The van der Waals surface area contributed by atoms with Crippen LogP contribution in [0.3, 0.4) is 0 Å². The van der Waals surface area contributed by atoms with E-state index in [0.29, 0.717) is 19.4 Å². The molecular weight excluding hydrogens is 664 g/mol. The molecule has 2 saturated heterocycles. The number of carbonyl (C=O) groups is 2. The summed E-state index contributed by atoms with van der Waals surface area (Å²) in [6, 6.07) is 30.6. The van der Waals surface area contributed by atoms with Gasteiger partial charge in [-0.2, -0.15) is 0 Å². The molecule has 2 fully saturated rings. The van der Waals surface area contributed by atoms with E-state index in [1.54, 1.807) is 12.1 Å². The number of hydrogen-bond acceptors (Lipinski definition) is 9. The molecule has 0 unspecified atom stereocenters. The average Bonchev–Trinajstić information content (AvgIpc) is 3.17. The molecule has 0 aliphatic carbocycles. The Balaban J connectivity index is 1.13. The number of ether oxygens (including phenoxy) is 2. The molecule has 4 aromatic carbocycles. The number of nitro benzene ring substituents is 1. The quantitative estimate of drug-likeness (QED) is 0.105. The molecule has 1 amide bonds. The third-order valence-electron chi connectivity index (χ3n) is 9.58. The molecule has 2 aliphatic heterocycles. The summed E-state index contributed by atoms with van der Waals surface area (Å²) in [7, 11) is 0. The highest BCUT2D eigenvalue weighted by molar-refractivity contribution is 5.76. The van der Waals surface area contributed by atoms with Gasteiger partial charge in [0.2, 0.25) is 5.91 Å². The lowest BCUT2D eigenvalue weighted by Gasteiger charge is -2.41. The van der Waals surface area contributed by atoms with Crippen molar-refractivity contribution in [2.45, 2.75) is 57.3 Å². The van der Waals surface area contributed by atoms with Crippen molar-refractivity contribution < 1.29 is 34.2 Å². The number of hydrogen-bond donors (Lipinski definition) is 3. The molecule has 0 bridgehead atoms. The van der Waals surface area contributed by atoms with Crippen molar-refractivity contribution in [3.05, 3.63) is 129 Å². The van der Waals surface area contributed by atoms with Crippen LogP contribution in [0.1, 0.15) is 60.3 Å². The number of piperazine rings is 1. The second-order valence-electron chi connectivity index (χ2n) is 13.3. The van der Waals surface area contributed by atoms with Gasteiger partial charge in [-0.1, -0.05) is 60.7 Å². The van der Waals surface area contributed by atoms with E-state index in [-0.39, 0.29) is 48.2 Å². The fraction of sp³-hybridized carbons (Fsp3) is 0.350. The summed E-state index contributed by atoms with van der Waals surface area (Å²) >= 11 is 0. The van der Waals surface area contributed by atoms with Crippen LogP contribution in [0.5, 0.6) is 0 Å². The Morgan fingerprint density at radius 2 is 1.54 bits per heavy atom. The number of rotatable bonds is 14. The maximum atomic E-state index is 12.2. The van der Waals surface area contributed by atoms with E-state index in [0.717, 1.165) is 71.8 Å². The zero-order valence-corrected chi connectivity index (χ0v) is 28.9. The first kappa shape index (κ1) is 36.6. The molecular formula is C40H44N4O8. The lowest BCUT2D eigenvalue weighted by atomic mass is 9.98. The van der Waals surface area contributed by atoms with Crippen LogP contribution in [0.15, 0.2) is 97.1 Å². The van der Waals surface area contributed by atoms with Crippen LogP contribution in [0.25, 0.3) is 11.1 Å². The minimum atomic E-state index is -0.911. The lowest BCUT2D eigenvalue weighted by molar-refractivity contribution is -0.384. The molecule has 52 heavy (non-hydrogen) atoms. The van der Waals surface area contributed by atoms with Crippen molar-refractivity contribution in [2.75, 3.05) is 37.6 Å². The van der Waals surface area contributed by atoms with Gasteiger partial charge in [0, 0.05) is 81.9 Å². The molecule has 0 aromatic heterocycles. The number of carbonyl (C=O) groups excluding carboxylic acids is 1. The monoisotopic (exact) mass is 708 g/mol. The molecule has 4 aromatic rings. The van der Waals surface area contributed by atoms with Crippen LogP contribution >= 0.6 is 0 Å². The summed E-state index contributed by atoms with van der Waals surface area (Å²) in [5.74, 6) is -1.09. The van der Waals surface area contributed by atoms with E-state index < -0.39 is 12.3 Å². The van der Waals surface area contributed by atoms with Crippen LogP contribution in [-0.4, -0.2) is 70.7 Å². The highest BCUT2D eigenvalue weighted by atomic mass is 16.7. The smallest absolute Gasteiger partial charge is 0.303 e. The number of nitrogens with one attached hydrogen (secondary N) is 1. The highest BCUT2D eigenvalue weighted by Crippen LogP contribution is 2.39. The minimum absolute atomic E-state index is 0.0286. The first-order chi connectivity index (χ1) is 25.2. The Hall–Kier alpha value is -5.14. The van der Waals surface area contributed by atoms with E-state index in [2.05, 4.69) is 21.2 Å². The first-order valence-corrected chi connectivity index (χ1v) is 17.6. The number of aliphatic carboxylic acids is 1. The van der Waals surface area contributed by atoms with Gasteiger partial charge in [0.15, 0.2) is 6.29 Å². The maximum absolute atomic E-state index is 12.2. The molecule has 3 N–H and O–H groups in total. The normalized spacial score (nSPS) is 19.2. The van der Waals surface area contributed by atoms with Crippen LogP contribution in [0.4, 0.5) is 11.4 Å². The standard InChI is InChI=1S/C40H44N4O8/c45-27-28-10-12-30(13-11-28)37-24-36(26-42-18-20-43(21-19-42)34-14-16-35(17-15-34)44(49)50)51-40(52-37)33-7-2-6-32(23-33)31-5-1-4-29(22-31)25-41-38(46)8-3-9-39(47)48/h1-2,4-7,10-17,22-23,36-37,40,45H,3,8-9,18-21,24-27H2,(H,41,46)(H,47,48)/t36-,37+,40+/m1/s1. The van der Waals surface area contributed by atoms with E-state index >= 15 is 0 Å². The molecule has 12 heteroatoms. The van der Waals surface area contributed by atoms with Gasteiger partial charge in [-0.3, -0.25) is 24.6 Å². The lowest BCUT2D eigenvalue weighted by Crippen LogP contribution is -2.49. The van der Waals surface area contributed by atoms with Crippen LogP contribution in [0, 0.1) is 10.1 Å². The van der Waals surface area contributed by atoms with E-state index in [1.165, 1.54) is 0 Å². The van der Waals surface area contributed by atoms with Gasteiger partial charge < -0.3 is 29.9 Å². The number of carboxylic acids is 1. The molecule has 2 aliphatic rings. The van der Waals surface area contributed by atoms with Crippen LogP contribution < -0.4 is 10.2 Å². The Labute approximate surface area is 302 Å². The highest BCUT2D eigenvalue weighted by Gasteiger charge is 2.34. The number of aliphatic hydroxyl groups is 1. The Bertz CT molecular complexity index is 1830. The number of anilines is 1. The second kappa shape index (κ2) is 17.4. The minimum Gasteiger partial charge on any atom is -0.481 e. The van der Waals surface area contributed by atoms with Gasteiger partial charge in [-0.15, -0.1) is 0 Å². The van der Waals surface area contributed by atoms with Gasteiger partial charge >= 0.3 is 5.97 Å². The van der Waals surface area contributed by atoms with Crippen molar-refractivity contribution >= 4 is 23.3 Å². The number of nitrogens with zero attached hydrogens (tertiary/aromatic N) is 3. The van der Waals surface area contributed by atoms with E-state index in [1.807, 2.05) is 78.9 Å². The molecule has 272 valence electrons. The van der Waals surface area contributed by atoms with E-state index in [4.69, 9.17) is 14.6 Å². The maximum Gasteiger partial charge on any atom is 0.303 e. The van der Waals surface area contributed by atoms with Crippen molar-refractivity contribution in [3.63, 3.8) is 0 Å². The third-order valence-corrected chi connectivity index (χ3v) is 9.58. The number of amides is 1. The molecule has 0 radical (unpaired) electrons. The number of non-ortho nitro benzene ring substituents is 1. The Morgan fingerprint density at radius 3 is 2.23 bits per heavy atom. The zero-order chi connectivity index (χ0) is 36.5. The molecule has 0 saturated carbocycles. The van der Waals surface area contributed by atoms with Crippen molar-refractivity contribution in [1.82, 2.24) is 10.2 Å². The van der Waals surface area contributed by atoms with Crippen LogP contribution in [-0.2, 0) is 32.2 Å². The largest absolute Gasteiger partial charge is 0.481 e. The van der Waals surface area contributed by atoms with Crippen LogP contribution in [0.2, 0.25) is 0 Å². The molecule has 6 rings (SSSR count). The van der Waals surface area contributed by atoms with Gasteiger partial charge in [0.05, 0.1) is 23.7 Å². The summed E-state index contributed by atoms with van der Waals surface area (Å²) < 4.78 is 13.3. The second-order valence-corrected chi connectivity index (χ2v) is 13.3. The van der Waals surface area contributed by atoms with Gasteiger partial charge in [0.1, 0.15) is 0 Å². The molecule has 12 nitrogen and oxygen atoms in total. The Morgan fingerprint density at radius 1 is 0.827 bits per heavy atom. The molecule has 3 atom stereocenters. The van der Waals surface area contributed by atoms with Gasteiger partial charge in [-0.25, -0.2) is 0 Å². The predicted molar refractivity (Wildman–Crippen MR) is 195 cm³/mol. The number of aliphatic hydroxyl groups excluding tert-OH is 1. The number of carboxylic acid groups (broad SMARTS) is 1. The van der Waals surface area contributed by atoms with Crippen molar-refractivity contribution in [1.29, 1.82) is 0 Å². The fourth-order valence-corrected chi connectivity index (χ4v) is 6.71. The summed E-state index contributed by atoms with van der Waals surface area (Å²) in [4.78, 5) is 38.3.